The fourth-order valence-electron chi connectivity index (χ4n) is 1.82. The van der Waals surface area contributed by atoms with Crippen LogP contribution in [0, 0.1) is 22.7 Å². The van der Waals surface area contributed by atoms with Crippen LogP contribution >= 0.6 is 11.8 Å². The Hall–Kier alpha value is -2.91. The van der Waals surface area contributed by atoms with Crippen LogP contribution in [0.2, 0.25) is 0 Å². The van der Waals surface area contributed by atoms with Crippen LogP contribution in [0.3, 0.4) is 0 Å². The quantitative estimate of drug-likeness (QED) is 0.667. The van der Waals surface area contributed by atoms with Crippen molar-refractivity contribution < 1.29 is 9.21 Å². The highest BCUT2D eigenvalue weighted by Gasteiger charge is 2.16. The monoisotopic (exact) mass is 342 g/mol. The van der Waals surface area contributed by atoms with E-state index in [4.69, 9.17) is 14.9 Å². The second kappa shape index (κ2) is 9.28. The largest absolute Gasteiger partial charge is 0.411 e. The first-order chi connectivity index (χ1) is 11.7. The number of rotatable bonds is 8. The molecule has 2 aromatic rings. The predicted octanol–water partition coefficient (Wildman–Crippen LogP) is 1.88. The molecule has 2 aromatic heterocycles. The van der Waals surface area contributed by atoms with E-state index in [1.54, 1.807) is 24.5 Å². The molecule has 0 bridgehead atoms. The molecule has 9 heteroatoms. The Morgan fingerprint density at radius 2 is 2.00 bits per heavy atom. The molecule has 0 saturated heterocycles. The highest BCUT2D eigenvalue weighted by atomic mass is 32.2. The van der Waals surface area contributed by atoms with Gasteiger partial charge >= 0.3 is 0 Å². The predicted molar refractivity (Wildman–Crippen MR) is 85.3 cm³/mol. The number of hydrogen-bond donors (Lipinski definition) is 0. The minimum Gasteiger partial charge on any atom is -0.411 e. The van der Waals surface area contributed by atoms with Crippen molar-refractivity contribution in [1.29, 1.82) is 10.5 Å². The topological polar surface area (TPSA) is 120 Å². The highest BCUT2D eigenvalue weighted by molar-refractivity contribution is 7.99. The van der Waals surface area contributed by atoms with Crippen molar-refractivity contribution >= 4 is 17.7 Å². The van der Waals surface area contributed by atoms with E-state index in [1.165, 1.54) is 4.90 Å². The average Bonchev–Trinajstić information content (AvgIpc) is 3.09. The van der Waals surface area contributed by atoms with Gasteiger partial charge in [-0.25, -0.2) is 0 Å². The molecule has 0 aliphatic carbocycles. The van der Waals surface area contributed by atoms with Crippen molar-refractivity contribution in [2.75, 3.05) is 18.8 Å². The van der Waals surface area contributed by atoms with Crippen LogP contribution in [-0.4, -0.2) is 44.8 Å². The van der Waals surface area contributed by atoms with Gasteiger partial charge in [0.15, 0.2) is 0 Å². The van der Waals surface area contributed by atoms with Gasteiger partial charge in [0, 0.05) is 25.5 Å². The number of carbonyl (C=O) groups excluding carboxylic acids is 1. The second-order valence-corrected chi connectivity index (χ2v) is 5.53. The summed E-state index contributed by atoms with van der Waals surface area (Å²) < 4.78 is 5.49. The third kappa shape index (κ3) is 5.07. The molecule has 2 heterocycles. The third-order valence-electron chi connectivity index (χ3n) is 2.97. The van der Waals surface area contributed by atoms with E-state index in [2.05, 4.69) is 15.2 Å². The number of hydrogen-bond acceptors (Lipinski definition) is 8. The number of nitriles is 2. The fourth-order valence-corrected chi connectivity index (χ4v) is 2.49. The molecule has 0 aliphatic rings. The maximum Gasteiger partial charge on any atom is 0.277 e. The fraction of sp³-hybridized carbons (Fsp3) is 0.333. The lowest BCUT2D eigenvalue weighted by molar-refractivity contribution is -0.128. The van der Waals surface area contributed by atoms with Crippen LogP contribution in [0.5, 0.6) is 0 Å². The molecule has 0 saturated carbocycles. The van der Waals surface area contributed by atoms with Gasteiger partial charge in [0.05, 0.1) is 36.3 Å². The zero-order valence-electron chi connectivity index (χ0n) is 12.8. The number of amides is 1. The highest BCUT2D eigenvalue weighted by Crippen LogP contribution is 2.22. The van der Waals surface area contributed by atoms with E-state index in [0.29, 0.717) is 24.5 Å². The van der Waals surface area contributed by atoms with Crippen LogP contribution in [0.4, 0.5) is 0 Å². The van der Waals surface area contributed by atoms with E-state index < -0.39 is 0 Å². The van der Waals surface area contributed by atoms with Crippen LogP contribution in [0.1, 0.15) is 12.8 Å². The van der Waals surface area contributed by atoms with E-state index in [-0.39, 0.29) is 29.7 Å². The van der Waals surface area contributed by atoms with Crippen molar-refractivity contribution in [2.24, 2.45) is 0 Å². The summed E-state index contributed by atoms with van der Waals surface area (Å²) in [4.78, 5) is 17.7. The van der Waals surface area contributed by atoms with Crippen molar-refractivity contribution in [3.8, 4) is 23.6 Å². The molecule has 0 atom stereocenters. The van der Waals surface area contributed by atoms with Crippen molar-refractivity contribution in [1.82, 2.24) is 20.1 Å². The summed E-state index contributed by atoms with van der Waals surface area (Å²) in [7, 11) is 0. The molecule has 0 spiro atoms. The molecule has 0 aliphatic heterocycles. The Kier molecular flexibility index (Phi) is 6.74. The van der Waals surface area contributed by atoms with E-state index in [1.807, 2.05) is 12.1 Å². The summed E-state index contributed by atoms with van der Waals surface area (Å²) in [6.45, 7) is 0.616. The molecule has 2 rings (SSSR count). The molecule has 0 fully saturated rings. The molecule has 8 nitrogen and oxygen atoms in total. The van der Waals surface area contributed by atoms with E-state index >= 15 is 0 Å². The number of nitrogens with zero attached hydrogens (tertiary/aromatic N) is 6. The van der Waals surface area contributed by atoms with Crippen molar-refractivity contribution in [3.05, 3.63) is 24.5 Å². The molecule has 0 unspecified atom stereocenters. The summed E-state index contributed by atoms with van der Waals surface area (Å²) in [6.07, 6.45) is 3.71. The smallest absolute Gasteiger partial charge is 0.277 e. The Labute approximate surface area is 143 Å². The van der Waals surface area contributed by atoms with Gasteiger partial charge in [-0.3, -0.25) is 9.78 Å². The maximum atomic E-state index is 12.2. The second-order valence-electron chi connectivity index (χ2n) is 4.60. The van der Waals surface area contributed by atoms with Gasteiger partial charge in [0.2, 0.25) is 11.8 Å². The Morgan fingerprint density at radius 1 is 1.25 bits per heavy atom. The summed E-state index contributed by atoms with van der Waals surface area (Å²) >= 11 is 1.12. The van der Waals surface area contributed by atoms with Crippen molar-refractivity contribution in [2.45, 2.75) is 18.1 Å². The standard InChI is InChI=1S/C15H14N6O2S/c16-5-2-8-21(9-3-6-17)13(22)11-24-15-20-19-14(23-15)12-4-1-7-18-10-12/h1,4,7,10H,2-3,8-9,11H2. The first-order valence-electron chi connectivity index (χ1n) is 7.13. The van der Waals surface area contributed by atoms with Crippen molar-refractivity contribution in [3.63, 3.8) is 0 Å². The van der Waals surface area contributed by atoms with Gasteiger partial charge in [-0.2, -0.15) is 10.5 Å². The van der Waals surface area contributed by atoms with E-state index in [0.717, 1.165) is 11.8 Å². The normalized spacial score (nSPS) is 9.92. The maximum absolute atomic E-state index is 12.2. The third-order valence-corrected chi connectivity index (χ3v) is 3.78. The lowest BCUT2D eigenvalue weighted by Crippen LogP contribution is -2.34. The van der Waals surface area contributed by atoms with Crippen LogP contribution in [0.25, 0.3) is 11.5 Å². The van der Waals surface area contributed by atoms with Gasteiger partial charge in [0.1, 0.15) is 0 Å². The number of pyridine rings is 1. The summed E-state index contributed by atoms with van der Waals surface area (Å²) in [5.74, 6) is 0.265. The first kappa shape index (κ1) is 17.4. The lowest BCUT2D eigenvalue weighted by Gasteiger charge is -2.19. The Balaban J connectivity index is 1.92. The minimum atomic E-state index is -0.174. The van der Waals surface area contributed by atoms with Gasteiger partial charge in [-0.05, 0) is 12.1 Å². The molecule has 1 amide bonds. The summed E-state index contributed by atoms with van der Waals surface area (Å²) in [5.41, 5.74) is 0.702. The summed E-state index contributed by atoms with van der Waals surface area (Å²) in [5, 5.41) is 25.4. The minimum absolute atomic E-state index is 0.103. The first-order valence-corrected chi connectivity index (χ1v) is 8.11. The Bertz CT molecular complexity index is 731. The molecule has 0 aromatic carbocycles. The van der Waals surface area contributed by atoms with Crippen LogP contribution < -0.4 is 0 Å². The summed E-state index contributed by atoms with van der Waals surface area (Å²) in [6, 6.07) is 7.55. The van der Waals surface area contributed by atoms with E-state index in [9.17, 15) is 4.79 Å². The molecular weight excluding hydrogens is 328 g/mol. The zero-order chi connectivity index (χ0) is 17.2. The van der Waals surface area contributed by atoms with Gasteiger partial charge < -0.3 is 9.32 Å². The van der Waals surface area contributed by atoms with Gasteiger partial charge in [0.25, 0.3) is 5.22 Å². The van der Waals surface area contributed by atoms with Gasteiger partial charge in [-0.1, -0.05) is 11.8 Å². The number of thioether (sulfide) groups is 1. The van der Waals surface area contributed by atoms with Crippen LogP contribution in [0.15, 0.2) is 34.2 Å². The molecule has 0 radical (unpaired) electrons. The average molecular weight is 342 g/mol. The molecule has 24 heavy (non-hydrogen) atoms. The number of aromatic nitrogens is 3. The molecule has 0 N–H and O–H groups in total. The Morgan fingerprint density at radius 3 is 2.62 bits per heavy atom. The van der Waals surface area contributed by atoms with Crippen LogP contribution in [-0.2, 0) is 4.79 Å². The lowest BCUT2D eigenvalue weighted by atomic mass is 10.3. The number of carbonyl (C=O) groups is 1. The zero-order valence-corrected chi connectivity index (χ0v) is 13.6. The van der Waals surface area contributed by atoms with Gasteiger partial charge in [-0.15, -0.1) is 10.2 Å². The molecule has 122 valence electrons. The molecular formula is C15H14N6O2S. The SMILES string of the molecule is N#CCCN(CCC#N)C(=O)CSc1nnc(-c2cccnc2)o1.